The maximum Gasteiger partial charge on any atom is 0.151 e. The van der Waals surface area contributed by atoms with Crippen LogP contribution in [-0.4, -0.2) is 45.7 Å². The molecule has 0 aliphatic carbocycles. The van der Waals surface area contributed by atoms with Crippen LogP contribution in [0.15, 0.2) is 48.9 Å². The van der Waals surface area contributed by atoms with Crippen LogP contribution in [0, 0.1) is 11.3 Å². The number of piperidine rings is 1. The zero-order valence-electron chi connectivity index (χ0n) is 14.9. The molecular formula is C20H22N6. The molecule has 132 valence electrons. The third-order valence-electron chi connectivity index (χ3n) is 5.20. The molecule has 0 spiro atoms. The van der Waals surface area contributed by atoms with Gasteiger partial charge in [-0.3, -0.25) is 4.90 Å². The molecule has 0 saturated carbocycles. The van der Waals surface area contributed by atoms with E-state index in [1.165, 1.54) is 0 Å². The van der Waals surface area contributed by atoms with Crippen molar-refractivity contribution < 1.29 is 0 Å². The van der Waals surface area contributed by atoms with Crippen molar-refractivity contribution in [3.63, 3.8) is 0 Å². The minimum atomic E-state index is 0.431. The standard InChI is InChI=1S/C20H22N6/c1-24(13-16-14-25-10-3-2-7-19(25)18(16)12-21)17-6-5-11-26(15-17)20-8-4-9-22-23-20/h2-4,7-10,14,17H,5-6,11,13,15H2,1H3/t17-/m0/s1. The van der Waals surface area contributed by atoms with Crippen LogP contribution in [0.3, 0.4) is 0 Å². The lowest BCUT2D eigenvalue weighted by Crippen LogP contribution is -2.46. The summed E-state index contributed by atoms with van der Waals surface area (Å²) in [5, 5.41) is 17.9. The number of rotatable bonds is 4. The van der Waals surface area contributed by atoms with Gasteiger partial charge in [0.2, 0.25) is 0 Å². The molecule has 0 aromatic carbocycles. The van der Waals surface area contributed by atoms with E-state index in [0.29, 0.717) is 6.04 Å². The van der Waals surface area contributed by atoms with Gasteiger partial charge in [0, 0.05) is 49.8 Å². The van der Waals surface area contributed by atoms with E-state index in [4.69, 9.17) is 0 Å². The predicted molar refractivity (Wildman–Crippen MR) is 101 cm³/mol. The quantitative estimate of drug-likeness (QED) is 0.727. The number of nitriles is 1. The molecule has 0 unspecified atom stereocenters. The second-order valence-corrected chi connectivity index (χ2v) is 6.87. The number of hydrogen-bond acceptors (Lipinski definition) is 5. The van der Waals surface area contributed by atoms with Crippen molar-refractivity contribution in [3.8, 4) is 6.07 Å². The normalized spacial score (nSPS) is 17.6. The molecule has 1 atom stereocenters. The van der Waals surface area contributed by atoms with Gasteiger partial charge in [-0.05, 0) is 44.2 Å². The van der Waals surface area contributed by atoms with Crippen LogP contribution >= 0.6 is 0 Å². The molecule has 1 fully saturated rings. The highest BCUT2D eigenvalue weighted by atomic mass is 15.3. The molecule has 4 rings (SSSR count). The fourth-order valence-corrected chi connectivity index (χ4v) is 3.81. The topological polar surface area (TPSA) is 60.5 Å². The van der Waals surface area contributed by atoms with Crippen molar-refractivity contribution in [2.24, 2.45) is 0 Å². The molecule has 26 heavy (non-hydrogen) atoms. The lowest BCUT2D eigenvalue weighted by Gasteiger charge is -2.38. The van der Waals surface area contributed by atoms with Gasteiger partial charge in [0.1, 0.15) is 6.07 Å². The van der Waals surface area contributed by atoms with Gasteiger partial charge in [-0.25, -0.2) is 0 Å². The Morgan fingerprint density at radius 3 is 3.04 bits per heavy atom. The zero-order chi connectivity index (χ0) is 17.9. The summed E-state index contributed by atoms with van der Waals surface area (Å²) in [5.74, 6) is 0.943. The highest BCUT2D eigenvalue weighted by molar-refractivity contribution is 5.65. The van der Waals surface area contributed by atoms with E-state index in [-0.39, 0.29) is 0 Å². The molecule has 6 heteroatoms. The third kappa shape index (κ3) is 3.14. The summed E-state index contributed by atoms with van der Waals surface area (Å²) in [7, 11) is 2.15. The number of fused-ring (bicyclic) bond motifs is 1. The highest BCUT2D eigenvalue weighted by Gasteiger charge is 2.25. The summed E-state index contributed by atoms with van der Waals surface area (Å²) in [6.45, 7) is 2.72. The van der Waals surface area contributed by atoms with E-state index in [2.05, 4.69) is 39.3 Å². The van der Waals surface area contributed by atoms with Gasteiger partial charge < -0.3 is 9.30 Å². The SMILES string of the molecule is CN(Cc1cn2ccccc2c1C#N)[C@H]1CCCN(c2cccnn2)C1. The Hall–Kier alpha value is -2.91. The first-order chi connectivity index (χ1) is 12.8. The van der Waals surface area contributed by atoms with Crippen LogP contribution in [-0.2, 0) is 6.54 Å². The third-order valence-corrected chi connectivity index (χ3v) is 5.20. The average Bonchev–Trinajstić information content (AvgIpc) is 3.05. The van der Waals surface area contributed by atoms with Crippen LogP contribution in [0.2, 0.25) is 0 Å². The van der Waals surface area contributed by atoms with Crippen molar-refractivity contribution in [2.75, 3.05) is 25.0 Å². The molecule has 1 aliphatic rings. The largest absolute Gasteiger partial charge is 0.354 e. The number of aromatic nitrogens is 3. The van der Waals surface area contributed by atoms with Crippen molar-refractivity contribution in [1.82, 2.24) is 19.5 Å². The van der Waals surface area contributed by atoms with Crippen LogP contribution in [0.5, 0.6) is 0 Å². The molecule has 0 radical (unpaired) electrons. The van der Waals surface area contributed by atoms with E-state index < -0.39 is 0 Å². The van der Waals surface area contributed by atoms with Crippen LogP contribution in [0.4, 0.5) is 5.82 Å². The van der Waals surface area contributed by atoms with Gasteiger partial charge >= 0.3 is 0 Å². The van der Waals surface area contributed by atoms with Gasteiger partial charge in [0.05, 0.1) is 11.1 Å². The predicted octanol–water partition coefficient (Wildman–Crippen LogP) is 2.70. The Morgan fingerprint density at radius 2 is 2.23 bits per heavy atom. The van der Waals surface area contributed by atoms with Crippen LogP contribution in [0.1, 0.15) is 24.0 Å². The van der Waals surface area contributed by atoms with E-state index in [1.54, 1.807) is 6.20 Å². The first kappa shape index (κ1) is 16.6. The minimum absolute atomic E-state index is 0.431. The van der Waals surface area contributed by atoms with Gasteiger partial charge in [0.25, 0.3) is 0 Å². The van der Waals surface area contributed by atoms with Gasteiger partial charge in [-0.15, -0.1) is 5.10 Å². The highest BCUT2D eigenvalue weighted by Crippen LogP contribution is 2.23. The molecule has 3 aromatic rings. The summed E-state index contributed by atoms with van der Waals surface area (Å²) in [6.07, 6.45) is 8.07. The average molecular weight is 346 g/mol. The molecule has 0 N–H and O–H groups in total. The van der Waals surface area contributed by atoms with Crippen LogP contribution in [0.25, 0.3) is 5.52 Å². The summed E-state index contributed by atoms with van der Waals surface area (Å²) in [6, 6.07) is 12.7. The fraction of sp³-hybridized carbons (Fsp3) is 0.350. The van der Waals surface area contributed by atoms with Gasteiger partial charge in [0.15, 0.2) is 5.82 Å². The van der Waals surface area contributed by atoms with Gasteiger partial charge in [-0.1, -0.05) is 6.07 Å². The summed E-state index contributed by atoms with van der Waals surface area (Å²) < 4.78 is 2.04. The lowest BCUT2D eigenvalue weighted by atomic mass is 10.0. The smallest absolute Gasteiger partial charge is 0.151 e. The van der Waals surface area contributed by atoms with Crippen molar-refractivity contribution in [2.45, 2.75) is 25.4 Å². The Balaban J connectivity index is 1.51. The molecular weight excluding hydrogens is 324 g/mol. The monoisotopic (exact) mass is 346 g/mol. The van der Waals surface area contributed by atoms with Gasteiger partial charge in [-0.2, -0.15) is 10.4 Å². The van der Waals surface area contributed by atoms with Crippen molar-refractivity contribution in [3.05, 3.63) is 60.0 Å². The number of pyridine rings is 1. The molecule has 3 aromatic heterocycles. The Bertz CT molecular complexity index is 926. The lowest BCUT2D eigenvalue weighted by molar-refractivity contribution is 0.207. The van der Waals surface area contributed by atoms with E-state index in [9.17, 15) is 5.26 Å². The maximum absolute atomic E-state index is 9.61. The maximum atomic E-state index is 9.61. The summed E-state index contributed by atoms with van der Waals surface area (Å²) in [5.41, 5.74) is 2.83. The van der Waals surface area contributed by atoms with E-state index in [0.717, 1.165) is 54.9 Å². The van der Waals surface area contributed by atoms with E-state index >= 15 is 0 Å². The van der Waals surface area contributed by atoms with Crippen molar-refractivity contribution >= 4 is 11.3 Å². The molecule has 1 aliphatic heterocycles. The Labute approximate surface area is 153 Å². The second-order valence-electron chi connectivity index (χ2n) is 6.87. The Morgan fingerprint density at radius 1 is 1.31 bits per heavy atom. The van der Waals surface area contributed by atoms with E-state index in [1.807, 2.05) is 40.9 Å². The molecule has 6 nitrogen and oxygen atoms in total. The first-order valence-electron chi connectivity index (χ1n) is 8.98. The number of likely N-dealkylation sites (N-methyl/N-ethyl adjacent to an activating group) is 1. The summed E-state index contributed by atoms with van der Waals surface area (Å²) >= 11 is 0. The van der Waals surface area contributed by atoms with Crippen LogP contribution < -0.4 is 4.90 Å². The number of anilines is 1. The fourth-order valence-electron chi connectivity index (χ4n) is 3.81. The molecule has 1 saturated heterocycles. The number of nitrogens with zero attached hydrogens (tertiary/aromatic N) is 6. The zero-order valence-corrected chi connectivity index (χ0v) is 14.9. The minimum Gasteiger partial charge on any atom is -0.354 e. The second kappa shape index (κ2) is 7.14. The molecule has 0 bridgehead atoms. The van der Waals surface area contributed by atoms with Crippen molar-refractivity contribution in [1.29, 1.82) is 5.26 Å². The molecule has 0 amide bonds. The molecule has 4 heterocycles. The Kier molecular flexibility index (Phi) is 4.55. The number of hydrogen-bond donors (Lipinski definition) is 0. The first-order valence-corrected chi connectivity index (χ1v) is 8.98. The summed E-state index contributed by atoms with van der Waals surface area (Å²) in [4.78, 5) is 4.66.